The summed E-state index contributed by atoms with van der Waals surface area (Å²) in [5, 5.41) is 3.09. The number of nitrogens with one attached hydrogen (secondary N) is 1. The molecule has 0 aromatic heterocycles. The van der Waals surface area contributed by atoms with Crippen molar-refractivity contribution in [3.63, 3.8) is 0 Å². The van der Waals surface area contributed by atoms with Crippen molar-refractivity contribution in [2.24, 2.45) is 11.1 Å². The van der Waals surface area contributed by atoms with Crippen molar-refractivity contribution in [3.8, 4) is 0 Å². The van der Waals surface area contributed by atoms with Crippen LogP contribution in [0.15, 0.2) is 12.1 Å². The fourth-order valence-electron chi connectivity index (χ4n) is 2.55. The molecule has 0 saturated heterocycles. The van der Waals surface area contributed by atoms with Crippen molar-refractivity contribution in [1.29, 1.82) is 0 Å². The Morgan fingerprint density at radius 1 is 1.47 bits per heavy atom. The molecule has 1 amide bonds. The third kappa shape index (κ3) is 2.64. The van der Waals surface area contributed by atoms with E-state index in [1.54, 1.807) is 0 Å². The number of nitrogens with two attached hydrogens (primary N) is 2. The number of amides is 1. The van der Waals surface area contributed by atoms with Crippen LogP contribution in [0.1, 0.15) is 43.0 Å². The molecule has 19 heavy (non-hydrogen) atoms. The van der Waals surface area contributed by atoms with Crippen molar-refractivity contribution in [2.45, 2.75) is 32.6 Å². The normalized spacial score (nSPS) is 16.7. The second-order valence-corrected chi connectivity index (χ2v) is 5.34. The van der Waals surface area contributed by atoms with Gasteiger partial charge < -0.3 is 16.8 Å². The summed E-state index contributed by atoms with van der Waals surface area (Å²) in [6, 6.07) is 2.54. The summed E-state index contributed by atoms with van der Waals surface area (Å²) < 4.78 is 13.8. The van der Waals surface area contributed by atoms with Crippen LogP contribution in [0.25, 0.3) is 0 Å². The number of carbonyl (C=O) groups is 1. The molecule has 0 heterocycles. The van der Waals surface area contributed by atoms with Crippen molar-refractivity contribution in [2.75, 3.05) is 17.6 Å². The molecule has 0 atom stereocenters. The standard InChI is InChI=1S/C14H20FN3O/c1-2-14(4-3-5-14)8-18-12-6-9(13(17)19)11(16)7-10(12)15/h6-7,18H,2-5,8,16H2,1H3,(H2,17,19). The van der Waals surface area contributed by atoms with Crippen LogP contribution in [0.2, 0.25) is 0 Å². The van der Waals surface area contributed by atoms with Crippen LogP contribution in [0.3, 0.4) is 0 Å². The third-order valence-corrected chi connectivity index (χ3v) is 4.22. The summed E-state index contributed by atoms with van der Waals surface area (Å²) in [6.45, 7) is 2.86. The van der Waals surface area contributed by atoms with Gasteiger partial charge in [0.25, 0.3) is 5.91 Å². The molecule has 0 aliphatic heterocycles. The third-order valence-electron chi connectivity index (χ3n) is 4.22. The zero-order valence-electron chi connectivity index (χ0n) is 11.1. The molecular formula is C14H20FN3O. The predicted octanol–water partition coefficient (Wildman–Crippen LogP) is 2.50. The van der Waals surface area contributed by atoms with Gasteiger partial charge in [0.05, 0.1) is 11.3 Å². The average molecular weight is 265 g/mol. The molecule has 1 fully saturated rings. The topological polar surface area (TPSA) is 81.1 Å². The van der Waals surface area contributed by atoms with E-state index in [0.717, 1.165) is 25.3 Å². The van der Waals surface area contributed by atoms with Gasteiger partial charge in [-0.15, -0.1) is 0 Å². The quantitative estimate of drug-likeness (QED) is 0.715. The molecular weight excluding hydrogens is 245 g/mol. The van der Waals surface area contributed by atoms with E-state index < -0.39 is 11.7 Å². The van der Waals surface area contributed by atoms with E-state index >= 15 is 0 Å². The molecule has 5 heteroatoms. The van der Waals surface area contributed by atoms with Crippen LogP contribution >= 0.6 is 0 Å². The van der Waals surface area contributed by atoms with E-state index in [4.69, 9.17) is 11.5 Å². The second kappa shape index (κ2) is 5.07. The summed E-state index contributed by atoms with van der Waals surface area (Å²) in [6.07, 6.45) is 4.62. The number of halogens is 1. The molecule has 0 radical (unpaired) electrons. The van der Waals surface area contributed by atoms with Gasteiger partial charge in [0, 0.05) is 12.2 Å². The van der Waals surface area contributed by atoms with Crippen molar-refractivity contribution in [1.82, 2.24) is 0 Å². The first-order chi connectivity index (χ1) is 8.97. The maximum Gasteiger partial charge on any atom is 0.250 e. The van der Waals surface area contributed by atoms with Gasteiger partial charge in [0.2, 0.25) is 0 Å². The maximum absolute atomic E-state index is 13.8. The highest BCUT2D eigenvalue weighted by molar-refractivity contribution is 5.99. The monoisotopic (exact) mass is 265 g/mol. The van der Waals surface area contributed by atoms with Gasteiger partial charge in [-0.3, -0.25) is 4.79 Å². The van der Waals surface area contributed by atoms with Crippen LogP contribution in [0, 0.1) is 11.2 Å². The Kier molecular flexibility index (Phi) is 3.64. The van der Waals surface area contributed by atoms with Crippen LogP contribution in [0.4, 0.5) is 15.8 Å². The van der Waals surface area contributed by atoms with Crippen molar-refractivity contribution < 1.29 is 9.18 Å². The molecule has 1 aromatic rings. The molecule has 5 N–H and O–H groups in total. The Morgan fingerprint density at radius 2 is 2.16 bits per heavy atom. The predicted molar refractivity (Wildman–Crippen MR) is 74.4 cm³/mol. The van der Waals surface area contributed by atoms with Crippen LogP contribution in [-0.4, -0.2) is 12.5 Å². The lowest BCUT2D eigenvalue weighted by Gasteiger charge is -2.41. The Morgan fingerprint density at radius 3 is 2.63 bits per heavy atom. The first-order valence-electron chi connectivity index (χ1n) is 6.60. The summed E-state index contributed by atoms with van der Waals surface area (Å²) in [5.41, 5.74) is 11.6. The molecule has 0 bridgehead atoms. The van der Waals surface area contributed by atoms with Crippen LogP contribution < -0.4 is 16.8 Å². The van der Waals surface area contributed by atoms with E-state index in [1.807, 2.05) is 0 Å². The highest BCUT2D eigenvalue weighted by Gasteiger charge is 2.34. The van der Waals surface area contributed by atoms with Gasteiger partial charge in [0.1, 0.15) is 5.82 Å². The fraction of sp³-hybridized carbons (Fsp3) is 0.500. The highest BCUT2D eigenvalue weighted by atomic mass is 19.1. The van der Waals surface area contributed by atoms with Gasteiger partial charge >= 0.3 is 0 Å². The zero-order valence-corrected chi connectivity index (χ0v) is 11.1. The molecule has 2 rings (SSSR count). The average Bonchev–Trinajstić information content (AvgIpc) is 2.30. The number of nitrogen functional groups attached to an aromatic ring is 1. The number of benzene rings is 1. The molecule has 1 aliphatic carbocycles. The van der Waals surface area contributed by atoms with E-state index in [2.05, 4.69) is 12.2 Å². The Bertz CT molecular complexity index is 492. The minimum atomic E-state index is -0.644. The Labute approximate surface area is 112 Å². The zero-order chi connectivity index (χ0) is 14.0. The van der Waals surface area contributed by atoms with Crippen molar-refractivity contribution in [3.05, 3.63) is 23.5 Å². The number of rotatable bonds is 5. The van der Waals surface area contributed by atoms with Gasteiger partial charge in [-0.05, 0) is 36.8 Å². The number of hydrogen-bond donors (Lipinski definition) is 3. The SMILES string of the molecule is CCC1(CNc2cc(C(N)=O)c(N)cc2F)CCC1. The molecule has 0 spiro atoms. The van der Waals surface area contributed by atoms with E-state index in [1.165, 1.54) is 12.5 Å². The molecule has 1 saturated carbocycles. The summed E-state index contributed by atoms with van der Waals surface area (Å²) in [4.78, 5) is 11.2. The molecule has 1 aromatic carbocycles. The minimum Gasteiger partial charge on any atom is -0.398 e. The molecule has 4 nitrogen and oxygen atoms in total. The Balaban J connectivity index is 2.16. The first-order valence-corrected chi connectivity index (χ1v) is 6.60. The minimum absolute atomic E-state index is 0.0735. The summed E-state index contributed by atoms with van der Waals surface area (Å²) in [7, 11) is 0. The number of carbonyl (C=O) groups excluding carboxylic acids is 1. The van der Waals surface area contributed by atoms with Gasteiger partial charge in [-0.25, -0.2) is 4.39 Å². The van der Waals surface area contributed by atoms with Gasteiger partial charge in [0.15, 0.2) is 0 Å². The lowest BCUT2D eigenvalue weighted by Crippen LogP contribution is -2.36. The lowest BCUT2D eigenvalue weighted by atomic mass is 9.67. The first kappa shape index (κ1) is 13.6. The largest absolute Gasteiger partial charge is 0.398 e. The second-order valence-electron chi connectivity index (χ2n) is 5.34. The van der Waals surface area contributed by atoms with Gasteiger partial charge in [-0.1, -0.05) is 13.3 Å². The summed E-state index contributed by atoms with van der Waals surface area (Å²) >= 11 is 0. The number of hydrogen-bond acceptors (Lipinski definition) is 3. The van der Waals surface area contributed by atoms with E-state index in [-0.39, 0.29) is 16.7 Å². The lowest BCUT2D eigenvalue weighted by molar-refractivity contribution is 0.100. The van der Waals surface area contributed by atoms with Gasteiger partial charge in [-0.2, -0.15) is 0 Å². The van der Waals surface area contributed by atoms with E-state index in [9.17, 15) is 9.18 Å². The van der Waals surface area contributed by atoms with Crippen LogP contribution in [0.5, 0.6) is 0 Å². The highest BCUT2D eigenvalue weighted by Crippen LogP contribution is 2.43. The molecule has 104 valence electrons. The molecule has 0 unspecified atom stereocenters. The summed E-state index contributed by atoms with van der Waals surface area (Å²) in [5.74, 6) is -1.09. The molecule has 1 aliphatic rings. The number of anilines is 2. The smallest absolute Gasteiger partial charge is 0.250 e. The van der Waals surface area contributed by atoms with Crippen LogP contribution in [-0.2, 0) is 0 Å². The fourth-order valence-corrected chi connectivity index (χ4v) is 2.55. The van der Waals surface area contributed by atoms with Crippen molar-refractivity contribution >= 4 is 17.3 Å². The van der Waals surface area contributed by atoms with E-state index in [0.29, 0.717) is 12.2 Å². The maximum atomic E-state index is 13.8. The Hall–Kier alpha value is -1.78. The number of primary amides is 1.